The fourth-order valence-electron chi connectivity index (χ4n) is 1.14. The summed E-state index contributed by atoms with van der Waals surface area (Å²) in [5.74, 6) is -0.124. The zero-order chi connectivity index (χ0) is 10.7. The number of aromatic hydroxyl groups is 1. The molecule has 0 atom stereocenters. The number of Topliss-reactive ketones (excluding diaryl/α,β-unsaturated/α-hetero) is 1. The molecule has 1 aromatic carbocycles. The lowest BCUT2D eigenvalue weighted by molar-refractivity contribution is 0.0979. The first-order chi connectivity index (χ1) is 6.56. The molecule has 0 fully saturated rings. The van der Waals surface area contributed by atoms with E-state index < -0.39 is 0 Å². The van der Waals surface area contributed by atoms with Gasteiger partial charge in [-0.2, -0.15) is 0 Å². The van der Waals surface area contributed by atoms with Crippen molar-refractivity contribution in [2.75, 3.05) is 0 Å². The number of ketones is 1. The largest absolute Gasteiger partial charge is 0.506 e. The Hall–Kier alpha value is -0.540. The zero-order valence-corrected chi connectivity index (χ0v) is 10.0. The molecule has 1 rings (SSSR count). The average molecular weight is 278 g/mol. The highest BCUT2D eigenvalue weighted by molar-refractivity contribution is 9.10. The molecule has 0 bridgehead atoms. The van der Waals surface area contributed by atoms with Crippen LogP contribution < -0.4 is 0 Å². The third-order valence-electron chi connectivity index (χ3n) is 1.81. The zero-order valence-electron chi connectivity index (χ0n) is 7.68. The Morgan fingerprint density at radius 3 is 2.79 bits per heavy atom. The average Bonchev–Trinajstić information content (AvgIpc) is 2.11. The molecular formula is C10H10BrClO2. The molecule has 0 radical (unpaired) electrons. The Morgan fingerprint density at radius 2 is 2.21 bits per heavy atom. The minimum atomic E-state index is -0.0896. The highest BCUT2D eigenvalue weighted by Crippen LogP contribution is 2.32. The molecular weight excluding hydrogens is 267 g/mol. The predicted octanol–water partition coefficient (Wildman–Crippen LogP) is 3.79. The second-order valence-corrected chi connectivity index (χ2v) is 4.25. The Labute approximate surface area is 96.0 Å². The van der Waals surface area contributed by atoms with Gasteiger partial charge in [-0.15, -0.1) is 0 Å². The van der Waals surface area contributed by atoms with Crippen LogP contribution in [0.1, 0.15) is 30.1 Å². The number of hydrogen-bond donors (Lipinski definition) is 1. The summed E-state index contributed by atoms with van der Waals surface area (Å²) in [5.41, 5.74) is 0.284. The van der Waals surface area contributed by atoms with Crippen LogP contribution in [0.3, 0.4) is 0 Å². The maximum absolute atomic E-state index is 11.5. The second-order valence-electron chi connectivity index (χ2n) is 2.96. The molecule has 2 nitrogen and oxygen atoms in total. The molecule has 4 heteroatoms. The van der Waals surface area contributed by atoms with Crippen LogP contribution in [0.15, 0.2) is 16.6 Å². The van der Waals surface area contributed by atoms with Gasteiger partial charge in [0.1, 0.15) is 5.75 Å². The van der Waals surface area contributed by atoms with E-state index in [1.807, 2.05) is 6.92 Å². The first kappa shape index (κ1) is 11.5. The van der Waals surface area contributed by atoms with E-state index in [4.69, 9.17) is 11.6 Å². The third kappa shape index (κ3) is 2.49. The summed E-state index contributed by atoms with van der Waals surface area (Å²) in [5, 5.41) is 10.0. The summed E-state index contributed by atoms with van der Waals surface area (Å²) >= 11 is 8.90. The summed E-state index contributed by atoms with van der Waals surface area (Å²) in [6.45, 7) is 1.91. The molecule has 76 valence electrons. The number of hydrogen-bond acceptors (Lipinski definition) is 2. The Kier molecular flexibility index (Phi) is 3.96. The summed E-state index contributed by atoms with van der Waals surface area (Å²) in [6, 6.07) is 3.04. The molecule has 0 heterocycles. The highest BCUT2D eigenvalue weighted by Gasteiger charge is 2.13. The van der Waals surface area contributed by atoms with Crippen molar-refractivity contribution in [3.05, 3.63) is 27.2 Å². The van der Waals surface area contributed by atoms with Crippen molar-refractivity contribution in [3.8, 4) is 5.75 Å². The molecule has 0 aliphatic carbocycles. The number of carbonyl (C=O) groups is 1. The fraction of sp³-hybridized carbons (Fsp3) is 0.300. The van der Waals surface area contributed by atoms with Gasteiger partial charge < -0.3 is 5.11 Å². The van der Waals surface area contributed by atoms with Gasteiger partial charge in [0.05, 0.1) is 10.0 Å². The molecule has 0 aliphatic heterocycles. The normalized spacial score (nSPS) is 10.2. The lowest BCUT2D eigenvalue weighted by atomic mass is 10.1. The fourth-order valence-corrected chi connectivity index (χ4v) is 1.95. The van der Waals surface area contributed by atoms with Crippen LogP contribution in [-0.2, 0) is 0 Å². The second kappa shape index (κ2) is 4.80. The van der Waals surface area contributed by atoms with E-state index in [0.29, 0.717) is 15.9 Å². The van der Waals surface area contributed by atoms with Crippen molar-refractivity contribution in [2.45, 2.75) is 19.8 Å². The van der Waals surface area contributed by atoms with E-state index in [0.717, 1.165) is 6.42 Å². The summed E-state index contributed by atoms with van der Waals surface area (Å²) in [6.07, 6.45) is 1.17. The third-order valence-corrected chi connectivity index (χ3v) is 2.63. The molecule has 1 N–H and O–H groups in total. The number of benzene rings is 1. The minimum absolute atomic E-state index is 0.0344. The highest BCUT2D eigenvalue weighted by atomic mass is 79.9. The van der Waals surface area contributed by atoms with Gasteiger partial charge in [0.25, 0.3) is 0 Å². The van der Waals surface area contributed by atoms with Gasteiger partial charge >= 0.3 is 0 Å². The van der Waals surface area contributed by atoms with E-state index >= 15 is 0 Å². The standard InChI is InChI=1S/C10H10BrClO2/c1-2-3-9(13)7-4-6(12)5-8(11)10(7)14/h4-5,14H,2-3H2,1H3. The summed E-state index contributed by atoms with van der Waals surface area (Å²) < 4.78 is 0.449. The van der Waals surface area contributed by atoms with Gasteiger partial charge in [-0.3, -0.25) is 4.79 Å². The molecule has 14 heavy (non-hydrogen) atoms. The number of rotatable bonds is 3. The first-order valence-electron chi connectivity index (χ1n) is 4.27. The van der Waals surface area contributed by atoms with Crippen LogP contribution in [0.4, 0.5) is 0 Å². The molecule has 0 saturated heterocycles. The maximum Gasteiger partial charge on any atom is 0.166 e. The number of phenolic OH excluding ortho intramolecular Hbond substituents is 1. The Morgan fingerprint density at radius 1 is 1.57 bits per heavy atom. The van der Waals surface area contributed by atoms with E-state index in [1.165, 1.54) is 6.07 Å². The van der Waals surface area contributed by atoms with Crippen LogP contribution in [0.2, 0.25) is 5.02 Å². The number of carbonyl (C=O) groups excluding carboxylic acids is 1. The van der Waals surface area contributed by atoms with Gasteiger partial charge in [0.15, 0.2) is 5.78 Å². The van der Waals surface area contributed by atoms with Gasteiger partial charge in [0.2, 0.25) is 0 Å². The van der Waals surface area contributed by atoms with Gasteiger partial charge in [-0.05, 0) is 34.5 Å². The van der Waals surface area contributed by atoms with Gasteiger partial charge in [0, 0.05) is 11.4 Å². The van der Waals surface area contributed by atoms with E-state index in [2.05, 4.69) is 15.9 Å². The van der Waals surface area contributed by atoms with Crippen molar-refractivity contribution >= 4 is 33.3 Å². The molecule has 0 aromatic heterocycles. The Bertz CT molecular complexity index is 363. The van der Waals surface area contributed by atoms with Crippen LogP contribution in [0.5, 0.6) is 5.75 Å². The van der Waals surface area contributed by atoms with E-state index in [9.17, 15) is 9.90 Å². The van der Waals surface area contributed by atoms with Crippen molar-refractivity contribution in [2.24, 2.45) is 0 Å². The van der Waals surface area contributed by atoms with Crippen molar-refractivity contribution < 1.29 is 9.90 Å². The predicted molar refractivity (Wildman–Crippen MR) is 60.1 cm³/mol. The molecule has 0 amide bonds. The topological polar surface area (TPSA) is 37.3 Å². The van der Waals surface area contributed by atoms with Crippen molar-refractivity contribution in [1.82, 2.24) is 0 Å². The quantitative estimate of drug-likeness (QED) is 0.854. The van der Waals surface area contributed by atoms with E-state index in [-0.39, 0.29) is 17.1 Å². The molecule has 1 aromatic rings. The molecule has 0 saturated carbocycles. The van der Waals surface area contributed by atoms with Gasteiger partial charge in [-0.25, -0.2) is 0 Å². The molecule has 0 aliphatic rings. The van der Waals surface area contributed by atoms with E-state index in [1.54, 1.807) is 6.07 Å². The number of phenols is 1. The lowest BCUT2D eigenvalue weighted by Gasteiger charge is -2.05. The molecule has 0 unspecified atom stereocenters. The SMILES string of the molecule is CCCC(=O)c1cc(Cl)cc(Br)c1O. The van der Waals surface area contributed by atoms with Crippen LogP contribution in [-0.4, -0.2) is 10.9 Å². The van der Waals surface area contributed by atoms with Crippen molar-refractivity contribution in [3.63, 3.8) is 0 Å². The minimum Gasteiger partial charge on any atom is -0.506 e. The first-order valence-corrected chi connectivity index (χ1v) is 5.44. The summed E-state index contributed by atoms with van der Waals surface area (Å²) in [7, 11) is 0. The Balaban J connectivity index is 3.13. The lowest BCUT2D eigenvalue weighted by Crippen LogP contribution is -1.98. The van der Waals surface area contributed by atoms with Crippen LogP contribution >= 0.6 is 27.5 Å². The van der Waals surface area contributed by atoms with Crippen LogP contribution in [0.25, 0.3) is 0 Å². The van der Waals surface area contributed by atoms with Gasteiger partial charge in [-0.1, -0.05) is 18.5 Å². The smallest absolute Gasteiger partial charge is 0.166 e. The maximum atomic E-state index is 11.5. The summed E-state index contributed by atoms with van der Waals surface area (Å²) in [4.78, 5) is 11.5. The monoisotopic (exact) mass is 276 g/mol. The molecule has 0 spiro atoms. The van der Waals surface area contributed by atoms with Crippen molar-refractivity contribution in [1.29, 1.82) is 0 Å². The number of halogens is 2. The van der Waals surface area contributed by atoms with Crippen LogP contribution in [0, 0.1) is 0 Å².